The van der Waals surface area contributed by atoms with Crippen LogP contribution in [0.2, 0.25) is 5.02 Å². The number of hydrogen-bond acceptors (Lipinski definition) is 3. The molecule has 0 spiro atoms. The van der Waals surface area contributed by atoms with Crippen LogP contribution >= 0.6 is 11.6 Å². The summed E-state index contributed by atoms with van der Waals surface area (Å²) in [6.07, 6.45) is 0.214. The molecule has 0 saturated carbocycles. The van der Waals surface area contributed by atoms with Crippen molar-refractivity contribution in [3.05, 3.63) is 70.9 Å². The van der Waals surface area contributed by atoms with Crippen molar-refractivity contribution in [2.45, 2.75) is 25.9 Å². The highest BCUT2D eigenvalue weighted by Gasteiger charge is 2.34. The third-order valence-electron chi connectivity index (χ3n) is 5.03. The summed E-state index contributed by atoms with van der Waals surface area (Å²) in [6, 6.07) is 17.1. The third kappa shape index (κ3) is 3.50. The van der Waals surface area contributed by atoms with Crippen LogP contribution in [0.15, 0.2) is 54.6 Å². The molecule has 0 unspecified atom stereocenters. The van der Waals surface area contributed by atoms with Crippen molar-refractivity contribution in [1.29, 1.82) is 0 Å². The summed E-state index contributed by atoms with van der Waals surface area (Å²) < 4.78 is 7.14. The Kier molecular flexibility index (Phi) is 5.09. The van der Waals surface area contributed by atoms with Gasteiger partial charge in [0.25, 0.3) is 5.91 Å². The van der Waals surface area contributed by atoms with Crippen LogP contribution in [-0.4, -0.2) is 34.5 Å². The number of ether oxygens (including phenoxy) is 1. The Morgan fingerprint density at radius 3 is 2.71 bits per heavy atom. The number of esters is 1. The first-order chi connectivity index (χ1) is 13.6. The lowest BCUT2D eigenvalue weighted by Gasteiger charge is -2.35. The summed E-state index contributed by atoms with van der Waals surface area (Å²) in [5, 5.41) is 1.51. The number of halogens is 1. The Hall–Kier alpha value is -2.79. The van der Waals surface area contributed by atoms with Gasteiger partial charge >= 0.3 is 5.97 Å². The minimum atomic E-state index is -0.261. The lowest BCUT2D eigenvalue weighted by Crippen LogP contribution is -2.43. The minimum absolute atomic E-state index is 0.0451. The van der Waals surface area contributed by atoms with Crippen molar-refractivity contribution in [3.8, 4) is 0 Å². The van der Waals surface area contributed by atoms with E-state index in [1.54, 1.807) is 17.9 Å². The van der Waals surface area contributed by atoms with Crippen molar-refractivity contribution in [3.63, 3.8) is 0 Å². The van der Waals surface area contributed by atoms with Gasteiger partial charge in [0.05, 0.1) is 19.1 Å². The molecule has 3 aromatic rings. The predicted octanol–water partition coefficient (Wildman–Crippen LogP) is 4.45. The lowest BCUT2D eigenvalue weighted by atomic mass is 10.1. The summed E-state index contributed by atoms with van der Waals surface area (Å²) in [5.74, 6) is -0.306. The molecule has 0 fully saturated rings. The van der Waals surface area contributed by atoms with Gasteiger partial charge in [-0.3, -0.25) is 9.59 Å². The zero-order valence-corrected chi connectivity index (χ0v) is 16.4. The van der Waals surface area contributed by atoms with E-state index in [0.717, 1.165) is 16.5 Å². The number of nitrogens with zero attached hydrogens (tertiary/aromatic N) is 2. The number of aromatic nitrogens is 1. The standard InChI is InChI=1S/C22H21ClN2O3/c1-2-28-21(26)12-18-14-24(13-15-6-4-3-5-7-15)22(27)20-11-16-10-17(23)8-9-19(16)25(18)20/h3-11,18H,2,12-14H2,1H3/t18-/m0/s1. The second kappa shape index (κ2) is 7.68. The first kappa shape index (κ1) is 18.6. The van der Waals surface area contributed by atoms with E-state index in [0.29, 0.717) is 30.4 Å². The van der Waals surface area contributed by atoms with Crippen LogP contribution in [0.1, 0.15) is 35.4 Å². The molecule has 6 heteroatoms. The maximum Gasteiger partial charge on any atom is 0.307 e. The van der Waals surface area contributed by atoms with E-state index >= 15 is 0 Å². The molecule has 0 aliphatic carbocycles. The number of rotatable bonds is 5. The van der Waals surface area contributed by atoms with Crippen molar-refractivity contribution in [2.24, 2.45) is 0 Å². The van der Waals surface area contributed by atoms with Gasteiger partial charge in [0.2, 0.25) is 0 Å². The fraction of sp³-hybridized carbons (Fsp3) is 0.273. The number of carbonyl (C=O) groups excluding carboxylic acids is 2. The second-order valence-corrected chi connectivity index (χ2v) is 7.37. The van der Waals surface area contributed by atoms with Crippen LogP contribution in [0, 0.1) is 0 Å². The largest absolute Gasteiger partial charge is 0.466 e. The molecule has 1 aromatic heterocycles. The van der Waals surface area contributed by atoms with Crippen molar-refractivity contribution >= 4 is 34.4 Å². The normalized spacial score (nSPS) is 16.3. The van der Waals surface area contributed by atoms with Gasteiger partial charge in [0, 0.05) is 29.0 Å². The molecule has 5 nitrogen and oxygen atoms in total. The Bertz CT molecular complexity index is 1030. The number of benzene rings is 2. The molecule has 4 rings (SSSR count). The van der Waals surface area contributed by atoms with Gasteiger partial charge < -0.3 is 14.2 Å². The third-order valence-corrected chi connectivity index (χ3v) is 5.26. The highest BCUT2D eigenvalue weighted by atomic mass is 35.5. The van der Waals surface area contributed by atoms with E-state index in [1.807, 2.05) is 53.1 Å². The molecule has 144 valence electrons. The molecule has 2 aromatic carbocycles. The highest BCUT2D eigenvalue weighted by molar-refractivity contribution is 6.31. The van der Waals surface area contributed by atoms with Gasteiger partial charge in [-0.1, -0.05) is 41.9 Å². The van der Waals surface area contributed by atoms with Gasteiger partial charge in [-0.15, -0.1) is 0 Å². The van der Waals surface area contributed by atoms with E-state index in [2.05, 4.69) is 0 Å². The molecule has 1 aliphatic heterocycles. The van der Waals surface area contributed by atoms with Gasteiger partial charge in [-0.2, -0.15) is 0 Å². The van der Waals surface area contributed by atoms with Crippen LogP contribution in [0.3, 0.4) is 0 Å². The quantitative estimate of drug-likeness (QED) is 0.599. The molecule has 0 saturated heterocycles. The van der Waals surface area contributed by atoms with E-state index in [-0.39, 0.29) is 24.3 Å². The average molecular weight is 397 g/mol. The number of fused-ring (bicyclic) bond motifs is 3. The number of carbonyl (C=O) groups is 2. The molecule has 1 amide bonds. The molecule has 0 radical (unpaired) electrons. The average Bonchev–Trinajstić information content (AvgIpc) is 3.05. The highest BCUT2D eigenvalue weighted by Crippen LogP contribution is 2.33. The van der Waals surface area contributed by atoms with E-state index in [9.17, 15) is 9.59 Å². The predicted molar refractivity (Wildman–Crippen MR) is 108 cm³/mol. The lowest BCUT2D eigenvalue weighted by molar-refractivity contribution is -0.144. The first-order valence-electron chi connectivity index (χ1n) is 9.36. The minimum Gasteiger partial charge on any atom is -0.466 e. The van der Waals surface area contributed by atoms with Crippen LogP contribution in [-0.2, 0) is 16.1 Å². The maximum atomic E-state index is 13.2. The van der Waals surface area contributed by atoms with Crippen molar-refractivity contribution in [1.82, 2.24) is 9.47 Å². The molecule has 0 N–H and O–H groups in total. The smallest absolute Gasteiger partial charge is 0.307 e. The monoisotopic (exact) mass is 396 g/mol. The van der Waals surface area contributed by atoms with Crippen LogP contribution in [0.25, 0.3) is 10.9 Å². The molecular formula is C22H21ClN2O3. The summed E-state index contributed by atoms with van der Waals surface area (Å²) in [6.45, 7) is 3.09. The van der Waals surface area contributed by atoms with Crippen LogP contribution in [0.4, 0.5) is 0 Å². The van der Waals surface area contributed by atoms with E-state index in [1.165, 1.54) is 0 Å². The first-order valence-corrected chi connectivity index (χ1v) is 9.74. The Labute approximate surface area is 168 Å². The summed E-state index contributed by atoms with van der Waals surface area (Å²) in [7, 11) is 0. The Morgan fingerprint density at radius 1 is 1.18 bits per heavy atom. The summed E-state index contributed by atoms with van der Waals surface area (Å²) in [5.41, 5.74) is 2.54. The van der Waals surface area contributed by atoms with Crippen LogP contribution in [0.5, 0.6) is 0 Å². The zero-order chi connectivity index (χ0) is 19.7. The van der Waals surface area contributed by atoms with Crippen molar-refractivity contribution < 1.29 is 14.3 Å². The van der Waals surface area contributed by atoms with E-state index in [4.69, 9.17) is 16.3 Å². The van der Waals surface area contributed by atoms with Gasteiger partial charge in [-0.25, -0.2) is 0 Å². The molecule has 1 aliphatic rings. The fourth-order valence-electron chi connectivity index (χ4n) is 3.85. The molecule has 2 heterocycles. The molecular weight excluding hydrogens is 376 g/mol. The molecule has 1 atom stereocenters. The number of hydrogen-bond donors (Lipinski definition) is 0. The SMILES string of the molecule is CCOC(=O)C[C@H]1CN(Cc2ccccc2)C(=O)c2cc3cc(Cl)ccc3n21. The Balaban J connectivity index is 1.74. The number of amides is 1. The fourth-order valence-corrected chi connectivity index (χ4v) is 4.03. The Morgan fingerprint density at radius 2 is 1.96 bits per heavy atom. The maximum absolute atomic E-state index is 13.2. The topological polar surface area (TPSA) is 51.5 Å². The zero-order valence-electron chi connectivity index (χ0n) is 15.6. The van der Waals surface area contributed by atoms with Crippen LogP contribution < -0.4 is 0 Å². The molecule has 28 heavy (non-hydrogen) atoms. The second-order valence-electron chi connectivity index (χ2n) is 6.94. The molecule has 0 bridgehead atoms. The van der Waals surface area contributed by atoms with Crippen molar-refractivity contribution in [2.75, 3.05) is 13.2 Å². The van der Waals surface area contributed by atoms with Gasteiger partial charge in [0.15, 0.2) is 0 Å². The summed E-state index contributed by atoms with van der Waals surface area (Å²) in [4.78, 5) is 27.2. The van der Waals surface area contributed by atoms with Gasteiger partial charge in [0.1, 0.15) is 5.69 Å². The van der Waals surface area contributed by atoms with E-state index < -0.39 is 0 Å². The summed E-state index contributed by atoms with van der Waals surface area (Å²) >= 11 is 6.14. The van der Waals surface area contributed by atoms with Gasteiger partial charge in [-0.05, 0) is 36.8 Å².